The number of nitrogens with one attached hydrogen (secondary N) is 1. The van der Waals surface area contributed by atoms with E-state index in [0.717, 1.165) is 24.5 Å². The van der Waals surface area contributed by atoms with E-state index in [2.05, 4.69) is 50.4 Å². The third-order valence-corrected chi connectivity index (χ3v) is 4.06. The molecule has 0 heterocycles. The number of rotatable bonds is 6. The summed E-state index contributed by atoms with van der Waals surface area (Å²) < 4.78 is 5.89. The number of hydrogen-bond acceptors (Lipinski definition) is 2. The second-order valence-corrected chi connectivity index (χ2v) is 6.04. The van der Waals surface area contributed by atoms with E-state index >= 15 is 0 Å². The normalized spacial score (nSPS) is 11.4. The highest BCUT2D eigenvalue weighted by Crippen LogP contribution is 2.29. The minimum atomic E-state index is 0.216. The lowest BCUT2D eigenvalue weighted by Crippen LogP contribution is -2.14. The highest BCUT2D eigenvalue weighted by atomic mass is 16.5. The average molecular weight is 283 g/mol. The topological polar surface area (TPSA) is 21.3 Å². The summed E-state index contributed by atoms with van der Waals surface area (Å²) in [5.74, 6) is 1.75. The van der Waals surface area contributed by atoms with E-state index in [0.29, 0.717) is 0 Å². The summed E-state index contributed by atoms with van der Waals surface area (Å²) >= 11 is 0. The molecule has 0 aliphatic carbocycles. The Labute approximate surface area is 128 Å². The van der Waals surface area contributed by atoms with Crippen molar-refractivity contribution in [2.75, 3.05) is 7.05 Å². The van der Waals surface area contributed by atoms with Crippen molar-refractivity contribution in [3.8, 4) is 11.5 Å². The number of ether oxygens (including phenoxy) is 1. The van der Waals surface area contributed by atoms with Gasteiger partial charge in [-0.15, -0.1) is 0 Å². The molecule has 0 bridgehead atoms. The van der Waals surface area contributed by atoms with Gasteiger partial charge in [-0.25, -0.2) is 0 Å². The summed E-state index contributed by atoms with van der Waals surface area (Å²) in [4.78, 5) is 0. The van der Waals surface area contributed by atoms with Gasteiger partial charge in [0.15, 0.2) is 0 Å². The summed E-state index contributed by atoms with van der Waals surface area (Å²) in [6.45, 7) is 7.63. The molecule has 0 radical (unpaired) electrons. The van der Waals surface area contributed by atoms with Crippen molar-refractivity contribution in [2.45, 2.75) is 39.2 Å². The molecule has 0 unspecified atom stereocenters. The molecule has 2 heteroatoms. The first-order valence-corrected chi connectivity index (χ1v) is 7.57. The summed E-state index contributed by atoms with van der Waals surface area (Å²) in [6, 6.07) is 16.6. The molecule has 0 amide bonds. The van der Waals surface area contributed by atoms with Crippen molar-refractivity contribution in [2.24, 2.45) is 0 Å². The van der Waals surface area contributed by atoms with E-state index in [4.69, 9.17) is 4.74 Å². The largest absolute Gasteiger partial charge is 0.457 e. The van der Waals surface area contributed by atoms with Crippen LogP contribution in [0.4, 0.5) is 0 Å². The van der Waals surface area contributed by atoms with Gasteiger partial charge >= 0.3 is 0 Å². The fourth-order valence-electron chi connectivity index (χ4n) is 2.19. The Kier molecular flexibility index (Phi) is 5.03. The fraction of sp³-hybridized carbons (Fsp3) is 0.368. The lowest BCUT2D eigenvalue weighted by atomic mass is 9.82. The molecular weight excluding hydrogens is 258 g/mol. The molecule has 2 aromatic carbocycles. The molecule has 0 saturated heterocycles. The monoisotopic (exact) mass is 283 g/mol. The predicted molar refractivity (Wildman–Crippen MR) is 89.0 cm³/mol. The standard InChI is InChI=1S/C19H25NO/c1-5-19(2,3)16-8-12-18(13-9-16)21-17-10-6-15(7-11-17)14-20-4/h6-13,20H,5,14H2,1-4H3. The summed E-state index contributed by atoms with van der Waals surface area (Å²) in [6.07, 6.45) is 1.13. The van der Waals surface area contributed by atoms with Gasteiger partial charge in [-0.3, -0.25) is 0 Å². The van der Waals surface area contributed by atoms with E-state index in [9.17, 15) is 0 Å². The van der Waals surface area contributed by atoms with Crippen LogP contribution in [0, 0.1) is 0 Å². The first-order valence-electron chi connectivity index (χ1n) is 7.57. The van der Waals surface area contributed by atoms with Gasteiger partial charge in [-0.05, 0) is 54.3 Å². The van der Waals surface area contributed by atoms with Crippen LogP contribution < -0.4 is 10.1 Å². The maximum absolute atomic E-state index is 5.89. The average Bonchev–Trinajstić information content (AvgIpc) is 2.50. The minimum Gasteiger partial charge on any atom is -0.457 e. The quantitative estimate of drug-likeness (QED) is 0.815. The van der Waals surface area contributed by atoms with Crippen LogP contribution in [0.2, 0.25) is 0 Å². The van der Waals surface area contributed by atoms with Gasteiger partial charge in [0, 0.05) is 6.54 Å². The highest BCUT2D eigenvalue weighted by Gasteiger charge is 2.17. The predicted octanol–water partition coefficient (Wildman–Crippen LogP) is 4.89. The molecule has 0 fully saturated rings. The van der Waals surface area contributed by atoms with Gasteiger partial charge in [-0.1, -0.05) is 45.0 Å². The first kappa shape index (κ1) is 15.6. The maximum atomic E-state index is 5.89. The van der Waals surface area contributed by atoms with Gasteiger partial charge < -0.3 is 10.1 Å². The van der Waals surface area contributed by atoms with Crippen LogP contribution in [0.5, 0.6) is 11.5 Å². The van der Waals surface area contributed by atoms with Gasteiger partial charge in [0.25, 0.3) is 0 Å². The summed E-state index contributed by atoms with van der Waals surface area (Å²) in [5.41, 5.74) is 2.82. The minimum absolute atomic E-state index is 0.216. The molecule has 2 nitrogen and oxygen atoms in total. The van der Waals surface area contributed by atoms with Gasteiger partial charge in [0.2, 0.25) is 0 Å². The Bertz CT molecular complexity index is 555. The third-order valence-electron chi connectivity index (χ3n) is 4.06. The molecule has 0 aromatic heterocycles. The molecule has 0 spiro atoms. The molecular formula is C19H25NO. The zero-order valence-corrected chi connectivity index (χ0v) is 13.4. The van der Waals surface area contributed by atoms with E-state index in [1.807, 2.05) is 31.3 Å². The van der Waals surface area contributed by atoms with Gasteiger partial charge in [-0.2, -0.15) is 0 Å². The Hall–Kier alpha value is -1.80. The van der Waals surface area contributed by atoms with Crippen LogP contribution in [0.3, 0.4) is 0 Å². The van der Waals surface area contributed by atoms with E-state index < -0.39 is 0 Å². The molecule has 0 aliphatic heterocycles. The molecule has 0 atom stereocenters. The molecule has 0 aliphatic rings. The summed E-state index contributed by atoms with van der Waals surface area (Å²) in [7, 11) is 1.95. The van der Waals surface area contributed by atoms with E-state index in [1.165, 1.54) is 11.1 Å². The van der Waals surface area contributed by atoms with Crippen molar-refractivity contribution in [1.29, 1.82) is 0 Å². The zero-order chi connectivity index (χ0) is 15.3. The zero-order valence-electron chi connectivity index (χ0n) is 13.4. The fourth-order valence-corrected chi connectivity index (χ4v) is 2.19. The van der Waals surface area contributed by atoms with Crippen molar-refractivity contribution in [3.05, 3.63) is 59.7 Å². The van der Waals surface area contributed by atoms with Crippen LogP contribution in [0.1, 0.15) is 38.3 Å². The van der Waals surface area contributed by atoms with Crippen LogP contribution in [-0.2, 0) is 12.0 Å². The maximum Gasteiger partial charge on any atom is 0.127 e. The van der Waals surface area contributed by atoms with Crippen LogP contribution in [-0.4, -0.2) is 7.05 Å². The Morgan fingerprint density at radius 1 is 0.905 bits per heavy atom. The Balaban J connectivity index is 2.06. The molecule has 2 aromatic rings. The molecule has 2 rings (SSSR count). The molecule has 1 N–H and O–H groups in total. The second-order valence-electron chi connectivity index (χ2n) is 6.04. The van der Waals surface area contributed by atoms with E-state index in [1.54, 1.807) is 0 Å². The van der Waals surface area contributed by atoms with Crippen molar-refractivity contribution >= 4 is 0 Å². The van der Waals surface area contributed by atoms with Crippen LogP contribution in [0.25, 0.3) is 0 Å². The Morgan fingerprint density at radius 3 is 1.90 bits per heavy atom. The van der Waals surface area contributed by atoms with Crippen molar-refractivity contribution < 1.29 is 4.74 Å². The molecule has 21 heavy (non-hydrogen) atoms. The number of benzene rings is 2. The van der Waals surface area contributed by atoms with Crippen LogP contribution in [0.15, 0.2) is 48.5 Å². The van der Waals surface area contributed by atoms with Gasteiger partial charge in [0.1, 0.15) is 11.5 Å². The Morgan fingerprint density at radius 2 is 1.43 bits per heavy atom. The summed E-state index contributed by atoms with van der Waals surface area (Å²) in [5, 5.41) is 3.14. The molecule has 112 valence electrons. The lowest BCUT2D eigenvalue weighted by Gasteiger charge is -2.23. The van der Waals surface area contributed by atoms with Crippen molar-refractivity contribution in [3.63, 3.8) is 0 Å². The number of hydrogen-bond donors (Lipinski definition) is 1. The second kappa shape index (κ2) is 6.77. The van der Waals surface area contributed by atoms with Gasteiger partial charge in [0.05, 0.1) is 0 Å². The highest BCUT2D eigenvalue weighted by molar-refractivity contribution is 5.36. The third kappa shape index (κ3) is 4.08. The molecule has 0 saturated carbocycles. The van der Waals surface area contributed by atoms with E-state index in [-0.39, 0.29) is 5.41 Å². The van der Waals surface area contributed by atoms with Crippen molar-refractivity contribution in [1.82, 2.24) is 5.32 Å². The first-order chi connectivity index (χ1) is 10.0. The smallest absolute Gasteiger partial charge is 0.127 e. The SMILES string of the molecule is CCC(C)(C)c1ccc(Oc2ccc(CNC)cc2)cc1. The lowest BCUT2D eigenvalue weighted by molar-refractivity contribution is 0.478. The van der Waals surface area contributed by atoms with Crippen LogP contribution >= 0.6 is 0 Å².